The Balaban J connectivity index is 3.90. The van der Waals surface area contributed by atoms with E-state index in [1.807, 2.05) is 18.9 Å². The van der Waals surface area contributed by atoms with Crippen LogP contribution in [0.2, 0.25) is 0 Å². The molecule has 0 aromatic heterocycles. The van der Waals surface area contributed by atoms with E-state index in [4.69, 9.17) is 4.74 Å². The SMILES string of the molecule is C=CCN(C)[C@@H](C)C(=O)OCC. The fourth-order valence-electron chi connectivity index (χ4n) is 0.805. The molecule has 0 saturated heterocycles. The Bertz CT molecular complexity index is 157. The Hall–Kier alpha value is -0.830. The number of hydrogen-bond donors (Lipinski definition) is 0. The lowest BCUT2D eigenvalue weighted by molar-refractivity contribution is -0.148. The van der Waals surface area contributed by atoms with Gasteiger partial charge in [-0.2, -0.15) is 0 Å². The Labute approximate surface area is 74.0 Å². The van der Waals surface area contributed by atoms with Gasteiger partial charge in [0.2, 0.25) is 0 Å². The second-order valence-corrected chi connectivity index (χ2v) is 2.66. The number of carbonyl (C=O) groups is 1. The first-order valence-corrected chi connectivity index (χ1v) is 4.11. The molecular weight excluding hydrogens is 154 g/mol. The molecule has 0 radical (unpaired) electrons. The average Bonchev–Trinajstić information content (AvgIpc) is 2.04. The van der Waals surface area contributed by atoms with Crippen molar-refractivity contribution in [3.05, 3.63) is 12.7 Å². The highest BCUT2D eigenvalue weighted by Gasteiger charge is 2.17. The zero-order valence-corrected chi connectivity index (χ0v) is 8.04. The molecule has 0 fully saturated rings. The third kappa shape index (κ3) is 3.53. The van der Waals surface area contributed by atoms with Gasteiger partial charge in [-0.15, -0.1) is 6.58 Å². The van der Waals surface area contributed by atoms with Gasteiger partial charge in [0.05, 0.1) is 6.61 Å². The van der Waals surface area contributed by atoms with Crippen LogP contribution in [0.5, 0.6) is 0 Å². The van der Waals surface area contributed by atoms with E-state index in [2.05, 4.69) is 6.58 Å². The molecule has 0 unspecified atom stereocenters. The number of hydrogen-bond acceptors (Lipinski definition) is 3. The molecule has 1 atom stereocenters. The van der Waals surface area contributed by atoms with Crippen LogP contribution in [-0.2, 0) is 9.53 Å². The molecule has 0 amide bonds. The number of rotatable bonds is 5. The van der Waals surface area contributed by atoms with Crippen LogP contribution in [0.1, 0.15) is 13.8 Å². The highest BCUT2D eigenvalue weighted by atomic mass is 16.5. The van der Waals surface area contributed by atoms with Gasteiger partial charge in [0.15, 0.2) is 0 Å². The maximum atomic E-state index is 11.2. The lowest BCUT2D eigenvalue weighted by Gasteiger charge is -2.20. The van der Waals surface area contributed by atoms with Crippen molar-refractivity contribution in [3.63, 3.8) is 0 Å². The second-order valence-electron chi connectivity index (χ2n) is 2.66. The van der Waals surface area contributed by atoms with Crippen LogP contribution in [0, 0.1) is 0 Å². The van der Waals surface area contributed by atoms with Gasteiger partial charge in [0.25, 0.3) is 0 Å². The molecule has 0 saturated carbocycles. The standard InChI is InChI=1S/C9H17NO2/c1-5-7-10(4)8(3)9(11)12-6-2/h5,8H,1,6-7H2,2-4H3/t8-/m0/s1. The first-order chi connectivity index (χ1) is 5.63. The van der Waals surface area contributed by atoms with E-state index < -0.39 is 0 Å². The summed E-state index contributed by atoms with van der Waals surface area (Å²) in [5.74, 6) is -0.179. The largest absolute Gasteiger partial charge is 0.465 e. The van der Waals surface area contributed by atoms with Crippen LogP contribution in [0.15, 0.2) is 12.7 Å². The molecule has 0 aliphatic rings. The minimum absolute atomic E-state index is 0.179. The van der Waals surface area contributed by atoms with Crippen LogP contribution >= 0.6 is 0 Å². The third-order valence-corrected chi connectivity index (χ3v) is 1.71. The Kier molecular flexibility index (Phi) is 5.37. The molecule has 0 spiro atoms. The summed E-state index contributed by atoms with van der Waals surface area (Å²) in [5.41, 5.74) is 0. The van der Waals surface area contributed by atoms with Gasteiger partial charge < -0.3 is 4.74 Å². The molecule has 0 aromatic rings. The number of ether oxygens (including phenoxy) is 1. The normalized spacial score (nSPS) is 12.7. The van der Waals surface area contributed by atoms with Crippen molar-refractivity contribution in [3.8, 4) is 0 Å². The summed E-state index contributed by atoms with van der Waals surface area (Å²) in [7, 11) is 1.86. The predicted octanol–water partition coefficient (Wildman–Crippen LogP) is 1.06. The summed E-state index contributed by atoms with van der Waals surface area (Å²) in [5, 5.41) is 0. The summed E-state index contributed by atoms with van der Waals surface area (Å²) >= 11 is 0. The highest BCUT2D eigenvalue weighted by Crippen LogP contribution is 1.97. The van der Waals surface area contributed by atoms with Gasteiger partial charge in [-0.05, 0) is 20.9 Å². The van der Waals surface area contributed by atoms with Gasteiger partial charge in [0, 0.05) is 6.54 Å². The van der Waals surface area contributed by atoms with Crippen molar-refractivity contribution >= 4 is 5.97 Å². The van der Waals surface area contributed by atoms with Crippen molar-refractivity contribution < 1.29 is 9.53 Å². The molecule has 0 rings (SSSR count). The summed E-state index contributed by atoms with van der Waals surface area (Å²) in [6.45, 7) is 8.35. The van der Waals surface area contributed by atoms with E-state index >= 15 is 0 Å². The number of esters is 1. The monoisotopic (exact) mass is 171 g/mol. The molecule has 0 bridgehead atoms. The van der Waals surface area contributed by atoms with Crippen LogP contribution in [0.4, 0.5) is 0 Å². The molecule has 0 aliphatic heterocycles. The van der Waals surface area contributed by atoms with Crippen LogP contribution in [0.25, 0.3) is 0 Å². The molecular formula is C9H17NO2. The molecule has 3 heteroatoms. The maximum absolute atomic E-state index is 11.2. The van der Waals surface area contributed by atoms with Crippen LogP contribution in [0.3, 0.4) is 0 Å². The number of nitrogens with zero attached hydrogens (tertiary/aromatic N) is 1. The third-order valence-electron chi connectivity index (χ3n) is 1.71. The number of carbonyl (C=O) groups excluding carboxylic acids is 1. The van der Waals surface area contributed by atoms with E-state index in [-0.39, 0.29) is 12.0 Å². The second kappa shape index (κ2) is 5.77. The summed E-state index contributed by atoms with van der Waals surface area (Å²) in [6.07, 6.45) is 1.76. The van der Waals surface area contributed by atoms with Crippen molar-refractivity contribution in [2.75, 3.05) is 20.2 Å². The highest BCUT2D eigenvalue weighted by molar-refractivity contribution is 5.75. The van der Waals surface area contributed by atoms with E-state index in [0.717, 1.165) is 0 Å². The Morgan fingerprint density at radius 2 is 2.33 bits per heavy atom. The Morgan fingerprint density at radius 3 is 2.75 bits per heavy atom. The van der Waals surface area contributed by atoms with Gasteiger partial charge in [-0.25, -0.2) is 0 Å². The van der Waals surface area contributed by atoms with E-state index in [1.54, 1.807) is 13.0 Å². The van der Waals surface area contributed by atoms with Crippen LogP contribution < -0.4 is 0 Å². The van der Waals surface area contributed by atoms with E-state index in [9.17, 15) is 4.79 Å². The minimum Gasteiger partial charge on any atom is -0.465 e. The quantitative estimate of drug-likeness (QED) is 0.457. The van der Waals surface area contributed by atoms with Gasteiger partial charge >= 0.3 is 5.97 Å². The first kappa shape index (κ1) is 11.2. The number of likely N-dealkylation sites (N-methyl/N-ethyl adjacent to an activating group) is 1. The predicted molar refractivity (Wildman–Crippen MR) is 48.9 cm³/mol. The fourth-order valence-corrected chi connectivity index (χ4v) is 0.805. The Morgan fingerprint density at radius 1 is 1.75 bits per heavy atom. The van der Waals surface area contributed by atoms with Crippen molar-refractivity contribution in [1.82, 2.24) is 4.90 Å². The van der Waals surface area contributed by atoms with E-state index in [1.165, 1.54) is 0 Å². The molecule has 0 aromatic carbocycles. The maximum Gasteiger partial charge on any atom is 0.323 e. The van der Waals surface area contributed by atoms with Crippen molar-refractivity contribution in [2.45, 2.75) is 19.9 Å². The topological polar surface area (TPSA) is 29.5 Å². The van der Waals surface area contributed by atoms with Gasteiger partial charge in [0.1, 0.15) is 6.04 Å². The van der Waals surface area contributed by atoms with Crippen molar-refractivity contribution in [2.24, 2.45) is 0 Å². The molecule has 3 nitrogen and oxygen atoms in total. The average molecular weight is 171 g/mol. The summed E-state index contributed by atoms with van der Waals surface area (Å²) < 4.78 is 4.86. The zero-order chi connectivity index (χ0) is 9.56. The molecule has 12 heavy (non-hydrogen) atoms. The smallest absolute Gasteiger partial charge is 0.323 e. The molecule has 0 N–H and O–H groups in total. The van der Waals surface area contributed by atoms with Gasteiger partial charge in [-0.1, -0.05) is 6.08 Å². The fraction of sp³-hybridized carbons (Fsp3) is 0.667. The molecule has 70 valence electrons. The van der Waals surface area contributed by atoms with Crippen molar-refractivity contribution in [1.29, 1.82) is 0 Å². The van der Waals surface area contributed by atoms with Gasteiger partial charge in [-0.3, -0.25) is 9.69 Å². The lowest BCUT2D eigenvalue weighted by atomic mass is 10.3. The first-order valence-electron chi connectivity index (χ1n) is 4.11. The summed E-state index contributed by atoms with van der Waals surface area (Å²) in [4.78, 5) is 13.0. The van der Waals surface area contributed by atoms with Crippen LogP contribution in [-0.4, -0.2) is 37.1 Å². The van der Waals surface area contributed by atoms with E-state index in [0.29, 0.717) is 13.2 Å². The molecule has 0 aliphatic carbocycles. The minimum atomic E-state index is -0.192. The lowest BCUT2D eigenvalue weighted by Crippen LogP contribution is -2.37. The summed E-state index contributed by atoms with van der Waals surface area (Å²) in [6, 6.07) is -0.192. The zero-order valence-electron chi connectivity index (χ0n) is 8.04. The molecule has 0 heterocycles.